The monoisotopic (exact) mass is 265 g/mol. The Morgan fingerprint density at radius 2 is 2.05 bits per heavy atom. The maximum Gasteiger partial charge on any atom is 0.244 e. The zero-order chi connectivity index (χ0) is 13.9. The first-order chi connectivity index (χ1) is 8.97. The molecule has 1 aliphatic rings. The molecule has 0 amide bonds. The number of aromatic amines is 1. The molecule has 5 heteroatoms. The van der Waals surface area contributed by atoms with Crippen LogP contribution in [0.3, 0.4) is 0 Å². The Morgan fingerprint density at radius 3 is 2.79 bits per heavy atom. The van der Waals surface area contributed by atoms with Crippen molar-refractivity contribution in [3.05, 3.63) is 5.82 Å². The third-order valence-corrected chi connectivity index (χ3v) is 4.12. The quantitative estimate of drug-likeness (QED) is 0.875. The van der Waals surface area contributed by atoms with Gasteiger partial charge in [-0.3, -0.25) is 5.10 Å². The van der Waals surface area contributed by atoms with Gasteiger partial charge in [0, 0.05) is 26.1 Å². The Bertz CT molecular complexity index is 385. The zero-order valence-electron chi connectivity index (χ0n) is 12.7. The van der Waals surface area contributed by atoms with E-state index in [1.54, 1.807) is 0 Å². The lowest BCUT2D eigenvalue weighted by molar-refractivity contribution is 0.257. The minimum absolute atomic E-state index is 0.305. The van der Waals surface area contributed by atoms with E-state index in [1.807, 2.05) is 0 Å². The summed E-state index contributed by atoms with van der Waals surface area (Å²) in [7, 11) is 0. The highest BCUT2D eigenvalue weighted by molar-refractivity contribution is 5.28. The third-order valence-electron chi connectivity index (χ3n) is 4.12. The van der Waals surface area contributed by atoms with Gasteiger partial charge in [0.1, 0.15) is 5.82 Å². The first-order valence-corrected chi connectivity index (χ1v) is 7.34. The highest BCUT2D eigenvalue weighted by atomic mass is 15.4. The molecule has 0 aromatic carbocycles. The molecule has 5 nitrogen and oxygen atoms in total. The van der Waals surface area contributed by atoms with E-state index in [-0.39, 0.29) is 0 Å². The van der Waals surface area contributed by atoms with Crippen molar-refractivity contribution in [2.45, 2.75) is 40.5 Å². The van der Waals surface area contributed by atoms with Gasteiger partial charge in [0.25, 0.3) is 0 Å². The summed E-state index contributed by atoms with van der Waals surface area (Å²) in [6.45, 7) is 13.2. The molecule has 0 radical (unpaired) electrons. The number of nitrogens with zero attached hydrogens (tertiary/aromatic N) is 3. The van der Waals surface area contributed by atoms with Crippen molar-refractivity contribution in [1.82, 2.24) is 20.5 Å². The van der Waals surface area contributed by atoms with Gasteiger partial charge in [0.05, 0.1) is 0 Å². The standard InChI is InChI=1S/C14H27N5/c1-11(14(2,3)4)10-12-16-13(18-17-12)19-8-5-6-15-7-9-19/h11,15H,5-10H2,1-4H3,(H,16,17,18). The number of nitrogens with one attached hydrogen (secondary N) is 2. The van der Waals surface area contributed by atoms with Gasteiger partial charge in [-0.05, 0) is 24.3 Å². The molecule has 0 spiro atoms. The van der Waals surface area contributed by atoms with Crippen LogP contribution in [0.2, 0.25) is 0 Å². The second-order valence-corrected chi connectivity index (χ2v) is 6.64. The zero-order valence-corrected chi connectivity index (χ0v) is 12.7. The Hall–Kier alpha value is -1.10. The van der Waals surface area contributed by atoms with Crippen molar-refractivity contribution in [3.8, 4) is 0 Å². The predicted molar refractivity (Wildman–Crippen MR) is 78.4 cm³/mol. The molecule has 2 heterocycles. The highest BCUT2D eigenvalue weighted by Gasteiger charge is 2.22. The van der Waals surface area contributed by atoms with Crippen molar-refractivity contribution >= 4 is 5.95 Å². The second-order valence-electron chi connectivity index (χ2n) is 6.64. The van der Waals surface area contributed by atoms with E-state index in [1.165, 1.54) is 0 Å². The highest BCUT2D eigenvalue weighted by Crippen LogP contribution is 2.27. The van der Waals surface area contributed by atoms with Gasteiger partial charge in [-0.2, -0.15) is 4.98 Å². The van der Waals surface area contributed by atoms with Crippen LogP contribution in [0.1, 0.15) is 39.9 Å². The number of hydrogen-bond acceptors (Lipinski definition) is 4. The molecule has 0 aliphatic carbocycles. The van der Waals surface area contributed by atoms with Crippen LogP contribution in [-0.4, -0.2) is 41.4 Å². The van der Waals surface area contributed by atoms with E-state index in [9.17, 15) is 0 Å². The lowest BCUT2D eigenvalue weighted by atomic mass is 9.80. The van der Waals surface area contributed by atoms with E-state index < -0.39 is 0 Å². The molecule has 1 saturated heterocycles. The molecule has 1 aromatic rings. The van der Waals surface area contributed by atoms with Crippen LogP contribution in [-0.2, 0) is 6.42 Å². The summed E-state index contributed by atoms with van der Waals surface area (Å²) in [5.41, 5.74) is 0.305. The smallest absolute Gasteiger partial charge is 0.244 e. The van der Waals surface area contributed by atoms with Gasteiger partial charge in [-0.25, -0.2) is 0 Å². The van der Waals surface area contributed by atoms with E-state index >= 15 is 0 Å². The fourth-order valence-electron chi connectivity index (χ4n) is 2.16. The van der Waals surface area contributed by atoms with Gasteiger partial charge in [0.15, 0.2) is 0 Å². The average Bonchev–Trinajstić information content (AvgIpc) is 2.62. The SMILES string of the molecule is CC(Cc1nc(N2CCCNCC2)n[nH]1)C(C)(C)C. The molecule has 0 saturated carbocycles. The minimum Gasteiger partial charge on any atom is -0.338 e. The normalized spacial score (nSPS) is 19.3. The Kier molecular flexibility index (Phi) is 4.45. The van der Waals surface area contributed by atoms with Crippen LogP contribution >= 0.6 is 0 Å². The molecule has 1 aliphatic heterocycles. The third kappa shape index (κ3) is 3.93. The molecule has 19 heavy (non-hydrogen) atoms. The van der Waals surface area contributed by atoms with Crippen molar-refractivity contribution in [3.63, 3.8) is 0 Å². The van der Waals surface area contributed by atoms with E-state index in [4.69, 9.17) is 0 Å². The van der Waals surface area contributed by atoms with Gasteiger partial charge < -0.3 is 10.2 Å². The minimum atomic E-state index is 0.305. The predicted octanol–water partition coefficient (Wildman–Crippen LogP) is 1.83. The van der Waals surface area contributed by atoms with Crippen LogP contribution in [0.15, 0.2) is 0 Å². The number of hydrogen-bond donors (Lipinski definition) is 2. The molecule has 2 N–H and O–H groups in total. The van der Waals surface area contributed by atoms with Crippen molar-refractivity contribution < 1.29 is 0 Å². The maximum absolute atomic E-state index is 4.66. The fourth-order valence-corrected chi connectivity index (χ4v) is 2.16. The second kappa shape index (κ2) is 5.90. The molecule has 0 bridgehead atoms. The van der Waals surface area contributed by atoms with Gasteiger partial charge in [0.2, 0.25) is 5.95 Å². The first kappa shape index (κ1) is 14.3. The number of rotatable bonds is 3. The number of H-pyrrole nitrogens is 1. The summed E-state index contributed by atoms with van der Waals surface area (Å²) >= 11 is 0. The number of anilines is 1. The largest absolute Gasteiger partial charge is 0.338 e. The fraction of sp³-hybridized carbons (Fsp3) is 0.857. The number of aromatic nitrogens is 3. The van der Waals surface area contributed by atoms with Crippen molar-refractivity contribution in [2.24, 2.45) is 11.3 Å². The van der Waals surface area contributed by atoms with E-state index in [0.717, 1.165) is 50.8 Å². The van der Waals surface area contributed by atoms with Gasteiger partial charge in [-0.1, -0.05) is 27.7 Å². The Labute approximate surface area is 116 Å². The molecule has 1 unspecified atom stereocenters. The summed E-state index contributed by atoms with van der Waals surface area (Å²) in [5, 5.41) is 10.9. The first-order valence-electron chi connectivity index (χ1n) is 7.34. The average molecular weight is 265 g/mol. The molecule has 108 valence electrons. The summed E-state index contributed by atoms with van der Waals surface area (Å²) in [5.74, 6) is 2.45. The van der Waals surface area contributed by atoms with Crippen LogP contribution in [0.5, 0.6) is 0 Å². The molecule has 2 rings (SSSR count). The molecule has 1 aromatic heterocycles. The van der Waals surface area contributed by atoms with Crippen molar-refractivity contribution in [1.29, 1.82) is 0 Å². The molecule has 1 atom stereocenters. The summed E-state index contributed by atoms with van der Waals surface area (Å²) in [6.07, 6.45) is 2.12. The van der Waals surface area contributed by atoms with Crippen LogP contribution in [0.25, 0.3) is 0 Å². The van der Waals surface area contributed by atoms with Crippen LogP contribution in [0.4, 0.5) is 5.95 Å². The Balaban J connectivity index is 1.98. The lowest BCUT2D eigenvalue weighted by Crippen LogP contribution is -2.28. The maximum atomic E-state index is 4.66. The van der Waals surface area contributed by atoms with Gasteiger partial charge in [-0.15, -0.1) is 5.10 Å². The topological polar surface area (TPSA) is 56.8 Å². The summed E-state index contributed by atoms with van der Waals surface area (Å²) < 4.78 is 0. The lowest BCUT2D eigenvalue weighted by Gasteiger charge is -2.26. The molecular weight excluding hydrogens is 238 g/mol. The molecule has 1 fully saturated rings. The summed E-state index contributed by atoms with van der Waals surface area (Å²) in [4.78, 5) is 6.93. The van der Waals surface area contributed by atoms with Crippen LogP contribution < -0.4 is 10.2 Å². The van der Waals surface area contributed by atoms with E-state index in [0.29, 0.717) is 11.3 Å². The molecular formula is C14H27N5. The van der Waals surface area contributed by atoms with Crippen LogP contribution in [0, 0.1) is 11.3 Å². The summed E-state index contributed by atoms with van der Waals surface area (Å²) in [6, 6.07) is 0. The van der Waals surface area contributed by atoms with E-state index in [2.05, 4.69) is 53.1 Å². The van der Waals surface area contributed by atoms with Crippen molar-refractivity contribution in [2.75, 3.05) is 31.1 Å². The van der Waals surface area contributed by atoms with Gasteiger partial charge >= 0.3 is 0 Å². The Morgan fingerprint density at radius 1 is 1.26 bits per heavy atom.